The van der Waals surface area contributed by atoms with E-state index in [0.717, 1.165) is 52.8 Å². The van der Waals surface area contributed by atoms with Crippen molar-refractivity contribution in [2.45, 2.75) is 12.6 Å². The number of hydrogen-bond donors (Lipinski definition) is 1. The number of pyridine rings is 1. The zero-order valence-corrected chi connectivity index (χ0v) is 23.6. The van der Waals surface area contributed by atoms with Gasteiger partial charge in [-0.1, -0.05) is 41.9 Å². The van der Waals surface area contributed by atoms with E-state index in [2.05, 4.69) is 46.4 Å². The van der Waals surface area contributed by atoms with Crippen LogP contribution < -0.4 is 10.2 Å². The van der Waals surface area contributed by atoms with Crippen LogP contribution >= 0.6 is 11.6 Å². The molecule has 2 aromatic heterocycles. The highest BCUT2D eigenvalue weighted by molar-refractivity contribution is 6.30. The van der Waals surface area contributed by atoms with Crippen molar-refractivity contribution in [3.8, 4) is 22.4 Å². The van der Waals surface area contributed by atoms with E-state index in [9.17, 15) is 4.39 Å². The third kappa shape index (κ3) is 5.54. The van der Waals surface area contributed by atoms with Gasteiger partial charge in [-0.15, -0.1) is 0 Å². The van der Waals surface area contributed by atoms with Gasteiger partial charge in [0.15, 0.2) is 0 Å². The molecule has 1 N–H and O–H groups in total. The average molecular weight is 566 g/mol. The van der Waals surface area contributed by atoms with Gasteiger partial charge >= 0.3 is 0 Å². The molecule has 5 aromatic rings. The Morgan fingerprint density at radius 1 is 0.951 bits per heavy atom. The molecule has 1 aliphatic rings. The summed E-state index contributed by atoms with van der Waals surface area (Å²) in [6, 6.07) is 22.4. The van der Waals surface area contributed by atoms with Crippen molar-refractivity contribution in [1.82, 2.24) is 25.2 Å². The van der Waals surface area contributed by atoms with Gasteiger partial charge < -0.3 is 4.90 Å². The fourth-order valence-corrected chi connectivity index (χ4v) is 5.29. The normalized spacial score (nSPS) is 14.6. The first-order valence-corrected chi connectivity index (χ1v) is 13.8. The summed E-state index contributed by atoms with van der Waals surface area (Å²) in [6.07, 6.45) is 5.94. The second-order valence-corrected chi connectivity index (χ2v) is 10.6. The summed E-state index contributed by atoms with van der Waals surface area (Å²) >= 11 is 6.21. The average Bonchev–Trinajstić information content (AvgIpc) is 3.00. The molecule has 1 unspecified atom stereocenters. The van der Waals surface area contributed by atoms with E-state index in [0.29, 0.717) is 22.1 Å². The minimum atomic E-state index is -0.384. The Balaban J connectivity index is 1.40. The second kappa shape index (κ2) is 11.7. The molecule has 0 aliphatic carbocycles. The molecule has 0 spiro atoms. The first-order valence-electron chi connectivity index (χ1n) is 13.4. The van der Waals surface area contributed by atoms with Crippen LogP contribution in [-0.4, -0.2) is 53.4 Å². The molecule has 0 radical (unpaired) electrons. The van der Waals surface area contributed by atoms with E-state index in [1.165, 1.54) is 12.1 Å². The molecule has 9 heteroatoms. The number of aromatic nitrogens is 3. The summed E-state index contributed by atoms with van der Waals surface area (Å²) in [5.74, 6) is 0.323. The van der Waals surface area contributed by atoms with Crippen LogP contribution in [0.15, 0.2) is 90.3 Å². The van der Waals surface area contributed by atoms with Gasteiger partial charge in [0.25, 0.3) is 0 Å². The molecule has 0 amide bonds. The Kier molecular flexibility index (Phi) is 7.69. The van der Waals surface area contributed by atoms with Gasteiger partial charge in [-0.2, -0.15) is 0 Å². The summed E-state index contributed by atoms with van der Waals surface area (Å²) in [5, 5.41) is 4.86. The number of anilines is 2. The molecule has 7 nitrogen and oxygen atoms in total. The molecule has 41 heavy (non-hydrogen) atoms. The lowest BCUT2D eigenvalue weighted by atomic mass is 9.97. The molecule has 0 saturated heterocycles. The first kappa shape index (κ1) is 27.0. The summed E-state index contributed by atoms with van der Waals surface area (Å²) in [7, 11) is 4.15. The quantitative estimate of drug-likeness (QED) is 0.207. The van der Waals surface area contributed by atoms with Crippen LogP contribution in [-0.2, 0) is 0 Å². The zero-order chi connectivity index (χ0) is 28.3. The van der Waals surface area contributed by atoms with Gasteiger partial charge in [-0.3, -0.25) is 20.2 Å². The molecule has 3 heterocycles. The maximum Gasteiger partial charge on any atom is 0.149 e. The molecular weight excluding hydrogens is 537 g/mol. The maximum absolute atomic E-state index is 14.9. The van der Waals surface area contributed by atoms with Crippen LogP contribution in [0, 0.1) is 5.82 Å². The van der Waals surface area contributed by atoms with Gasteiger partial charge in [0.2, 0.25) is 0 Å². The van der Waals surface area contributed by atoms with E-state index in [1.54, 1.807) is 18.6 Å². The third-order valence-corrected chi connectivity index (χ3v) is 7.32. The van der Waals surface area contributed by atoms with Crippen molar-refractivity contribution in [2.75, 3.05) is 32.1 Å². The lowest BCUT2D eigenvalue weighted by molar-refractivity contribution is 0.387. The largest absolute Gasteiger partial charge is 0.309 e. The molecule has 3 aromatic carbocycles. The molecule has 1 aliphatic heterocycles. The molecule has 0 saturated carbocycles. The number of fused-ring (bicyclic) bond motifs is 2. The highest BCUT2D eigenvalue weighted by Crippen LogP contribution is 2.39. The van der Waals surface area contributed by atoms with Crippen LogP contribution in [0.25, 0.3) is 33.3 Å². The Morgan fingerprint density at radius 2 is 1.83 bits per heavy atom. The summed E-state index contributed by atoms with van der Waals surface area (Å²) in [5.41, 5.74) is 5.36. The fourth-order valence-electron chi connectivity index (χ4n) is 5.11. The fraction of sp³-hybridized carbons (Fsp3) is 0.188. The van der Waals surface area contributed by atoms with Crippen LogP contribution in [0.3, 0.4) is 0 Å². The van der Waals surface area contributed by atoms with Crippen LogP contribution in [0.2, 0.25) is 5.02 Å². The Morgan fingerprint density at radius 3 is 2.71 bits per heavy atom. The third-order valence-electron chi connectivity index (χ3n) is 7.09. The number of halogens is 2. The first-order chi connectivity index (χ1) is 20.0. The van der Waals surface area contributed by atoms with Gasteiger partial charge in [0, 0.05) is 33.3 Å². The van der Waals surface area contributed by atoms with Gasteiger partial charge in [-0.05, 0) is 81.6 Å². The zero-order valence-electron chi connectivity index (χ0n) is 22.8. The van der Waals surface area contributed by atoms with Gasteiger partial charge in [0.1, 0.15) is 24.1 Å². The SMILES string of the molecule is CN(C)CCCNC1N=CN(c2ncnc3ccc(-c4cccnc4-c4cc(Cl)ccc4F)cc23)c2ccccc21. The number of benzene rings is 3. The van der Waals surface area contributed by atoms with Crippen LogP contribution in [0.4, 0.5) is 15.9 Å². The topological polar surface area (TPSA) is 69.5 Å². The summed E-state index contributed by atoms with van der Waals surface area (Å²) in [4.78, 5) is 22.8. The van der Waals surface area contributed by atoms with Crippen molar-refractivity contribution >= 4 is 40.3 Å². The van der Waals surface area contributed by atoms with Crippen molar-refractivity contribution in [1.29, 1.82) is 0 Å². The number of hydrogen-bond acceptors (Lipinski definition) is 7. The van der Waals surface area contributed by atoms with Crippen molar-refractivity contribution in [2.24, 2.45) is 4.99 Å². The monoisotopic (exact) mass is 565 g/mol. The number of rotatable bonds is 8. The van der Waals surface area contributed by atoms with Crippen molar-refractivity contribution < 1.29 is 4.39 Å². The summed E-state index contributed by atoms with van der Waals surface area (Å²) in [6.45, 7) is 1.87. The Labute approximate surface area is 243 Å². The predicted octanol–water partition coefficient (Wildman–Crippen LogP) is 6.87. The lowest BCUT2D eigenvalue weighted by Gasteiger charge is -2.30. The molecule has 206 valence electrons. The molecule has 1 atom stereocenters. The molecule has 0 fully saturated rings. The van der Waals surface area contributed by atoms with Crippen molar-refractivity contribution in [3.63, 3.8) is 0 Å². The molecular formula is C32H29ClFN7. The molecule has 0 bridgehead atoms. The minimum Gasteiger partial charge on any atom is -0.309 e. The van der Waals surface area contributed by atoms with E-state index >= 15 is 0 Å². The Bertz CT molecular complexity index is 1740. The number of aliphatic imine (C=N–C) groups is 1. The van der Waals surface area contributed by atoms with Gasteiger partial charge in [-0.25, -0.2) is 14.4 Å². The van der Waals surface area contributed by atoms with E-state index in [4.69, 9.17) is 21.6 Å². The van der Waals surface area contributed by atoms with E-state index in [1.807, 2.05) is 53.7 Å². The number of nitrogens with zero attached hydrogens (tertiary/aromatic N) is 6. The van der Waals surface area contributed by atoms with Crippen molar-refractivity contribution in [3.05, 3.63) is 102 Å². The maximum atomic E-state index is 14.9. The minimum absolute atomic E-state index is 0.140. The smallest absolute Gasteiger partial charge is 0.149 e. The Hall–Kier alpha value is -4.24. The summed E-state index contributed by atoms with van der Waals surface area (Å²) < 4.78 is 14.9. The standard InChI is InChI=1S/C32H29ClFN7/c1-40(2)16-6-15-36-31-24-7-3-4-9-29(24)41(20-39-31)32-26-17-21(10-13-28(26)37-19-38-32)23-8-5-14-35-30(23)25-18-22(33)11-12-27(25)34/h3-5,7-14,17-20,31,36H,6,15-16H2,1-2H3. The highest BCUT2D eigenvalue weighted by atomic mass is 35.5. The van der Waals surface area contributed by atoms with E-state index in [-0.39, 0.29) is 12.0 Å². The van der Waals surface area contributed by atoms with Crippen LogP contribution in [0.1, 0.15) is 18.2 Å². The number of nitrogens with one attached hydrogen (secondary N) is 1. The lowest BCUT2D eigenvalue weighted by Crippen LogP contribution is -2.30. The second-order valence-electron chi connectivity index (χ2n) is 10.2. The highest BCUT2D eigenvalue weighted by Gasteiger charge is 2.25. The van der Waals surface area contributed by atoms with Crippen LogP contribution in [0.5, 0.6) is 0 Å². The number of para-hydroxylation sites is 1. The predicted molar refractivity (Wildman–Crippen MR) is 164 cm³/mol. The van der Waals surface area contributed by atoms with Gasteiger partial charge in [0.05, 0.1) is 23.2 Å². The van der Waals surface area contributed by atoms with E-state index < -0.39 is 0 Å². The molecule has 6 rings (SSSR count).